The lowest BCUT2D eigenvalue weighted by molar-refractivity contribution is 0.187. The maximum atomic E-state index is 10.4. The Morgan fingerprint density at radius 1 is 1.11 bits per heavy atom. The van der Waals surface area contributed by atoms with Crippen LogP contribution in [0.4, 0.5) is 0 Å². The van der Waals surface area contributed by atoms with E-state index in [9.17, 15) is 8.42 Å². The molecule has 1 aliphatic heterocycles. The monoisotopic (exact) mass is 152 g/mol. The number of hydrogen-bond acceptors (Lipinski definition) is 4. The maximum absolute atomic E-state index is 10.4. The zero-order valence-electron chi connectivity index (χ0n) is 5.20. The minimum atomic E-state index is -3.64. The van der Waals surface area contributed by atoms with Crippen LogP contribution < -0.4 is 0 Å². The fourth-order valence-corrected chi connectivity index (χ4v) is 1.65. The molecule has 0 aromatic carbocycles. The zero-order chi connectivity index (χ0) is 7.07. The first-order valence-corrected chi connectivity index (χ1v) is 3.96. The molecule has 9 heavy (non-hydrogen) atoms. The molecule has 0 N–H and O–H groups in total. The van der Waals surface area contributed by atoms with Crippen LogP contribution in [0.2, 0.25) is 0 Å². The summed E-state index contributed by atoms with van der Waals surface area (Å²) in [6, 6.07) is 0. The van der Waals surface area contributed by atoms with Crippen molar-refractivity contribution in [3.05, 3.63) is 0 Å². The zero-order valence-corrected chi connectivity index (χ0v) is 6.01. The van der Waals surface area contributed by atoms with Crippen LogP contribution in [0, 0.1) is 0 Å². The third kappa shape index (κ3) is 1.41. The van der Waals surface area contributed by atoms with Gasteiger partial charge >= 0.3 is 10.4 Å². The van der Waals surface area contributed by atoms with Crippen molar-refractivity contribution in [3.63, 3.8) is 0 Å². The molecule has 4 nitrogen and oxygen atoms in total. The van der Waals surface area contributed by atoms with E-state index in [2.05, 4.69) is 8.37 Å². The topological polar surface area (TPSA) is 52.6 Å². The SMILES string of the molecule is C[C@@H]1OS(=O)(=O)O[C@@H]1C. The Morgan fingerprint density at radius 3 is 1.56 bits per heavy atom. The summed E-state index contributed by atoms with van der Waals surface area (Å²) in [5.41, 5.74) is 0. The third-order valence-corrected chi connectivity index (χ3v) is 2.28. The van der Waals surface area contributed by atoms with E-state index >= 15 is 0 Å². The van der Waals surface area contributed by atoms with Gasteiger partial charge in [-0.2, -0.15) is 8.42 Å². The average Bonchev–Trinajstić information content (AvgIpc) is 1.79. The predicted molar refractivity (Wildman–Crippen MR) is 30.0 cm³/mol. The molecule has 1 rings (SSSR count). The van der Waals surface area contributed by atoms with Crippen molar-refractivity contribution in [1.82, 2.24) is 0 Å². The summed E-state index contributed by atoms with van der Waals surface area (Å²) in [7, 11) is -3.64. The van der Waals surface area contributed by atoms with Gasteiger partial charge in [0, 0.05) is 0 Å². The van der Waals surface area contributed by atoms with Crippen molar-refractivity contribution in [2.24, 2.45) is 0 Å². The number of hydrogen-bond donors (Lipinski definition) is 0. The van der Waals surface area contributed by atoms with Crippen LogP contribution in [-0.2, 0) is 18.8 Å². The Balaban J connectivity index is 2.77. The van der Waals surface area contributed by atoms with Crippen molar-refractivity contribution in [1.29, 1.82) is 0 Å². The van der Waals surface area contributed by atoms with Crippen molar-refractivity contribution >= 4 is 10.4 Å². The van der Waals surface area contributed by atoms with Gasteiger partial charge in [-0.05, 0) is 13.8 Å². The molecular formula is C4H8O4S. The second kappa shape index (κ2) is 1.93. The van der Waals surface area contributed by atoms with E-state index in [1.54, 1.807) is 13.8 Å². The predicted octanol–water partition coefficient (Wildman–Crippen LogP) is 0.0550. The lowest BCUT2D eigenvalue weighted by Crippen LogP contribution is -2.13. The highest BCUT2D eigenvalue weighted by Crippen LogP contribution is 2.18. The molecule has 0 spiro atoms. The fourth-order valence-electron chi connectivity index (χ4n) is 0.551. The second-order valence-electron chi connectivity index (χ2n) is 2.01. The van der Waals surface area contributed by atoms with Gasteiger partial charge in [0.25, 0.3) is 0 Å². The Hall–Kier alpha value is -0.130. The van der Waals surface area contributed by atoms with E-state index in [1.165, 1.54) is 0 Å². The fraction of sp³-hybridized carbons (Fsp3) is 1.00. The van der Waals surface area contributed by atoms with Gasteiger partial charge in [0.05, 0.1) is 0 Å². The normalized spacial score (nSPS) is 41.1. The molecule has 0 saturated carbocycles. The van der Waals surface area contributed by atoms with Crippen LogP contribution >= 0.6 is 0 Å². The molecule has 0 aliphatic carbocycles. The first kappa shape index (κ1) is 6.98. The Labute approximate surface area is 54.1 Å². The second-order valence-corrected chi connectivity index (χ2v) is 3.21. The largest absolute Gasteiger partial charge is 0.400 e. The van der Waals surface area contributed by atoms with Crippen LogP contribution in [0.5, 0.6) is 0 Å². The summed E-state index contributed by atoms with van der Waals surface area (Å²) in [5, 5.41) is 0. The minimum absolute atomic E-state index is 0.352. The first-order chi connectivity index (χ1) is 4.01. The summed E-state index contributed by atoms with van der Waals surface area (Å²) >= 11 is 0. The lowest BCUT2D eigenvalue weighted by Gasteiger charge is -1.98. The van der Waals surface area contributed by atoms with Gasteiger partial charge in [-0.1, -0.05) is 0 Å². The van der Waals surface area contributed by atoms with Gasteiger partial charge in [-0.25, -0.2) is 8.37 Å². The maximum Gasteiger partial charge on any atom is 0.400 e. The van der Waals surface area contributed by atoms with E-state index < -0.39 is 10.4 Å². The molecule has 1 heterocycles. The molecular weight excluding hydrogens is 144 g/mol. The Morgan fingerprint density at radius 2 is 1.44 bits per heavy atom. The van der Waals surface area contributed by atoms with Gasteiger partial charge < -0.3 is 0 Å². The highest BCUT2D eigenvalue weighted by Gasteiger charge is 2.33. The van der Waals surface area contributed by atoms with Gasteiger partial charge in [-0.15, -0.1) is 0 Å². The third-order valence-electron chi connectivity index (χ3n) is 1.20. The van der Waals surface area contributed by atoms with Crippen LogP contribution in [0.15, 0.2) is 0 Å². The standard InChI is InChI=1S/C4H8O4S/c1-3-4(2)8-9(5,6)7-3/h3-4H,1-2H3/t3-,4+. The van der Waals surface area contributed by atoms with Crippen LogP contribution in [-0.4, -0.2) is 20.6 Å². The van der Waals surface area contributed by atoms with Gasteiger partial charge in [0.2, 0.25) is 0 Å². The van der Waals surface area contributed by atoms with Crippen LogP contribution in [0.3, 0.4) is 0 Å². The molecule has 1 aliphatic rings. The van der Waals surface area contributed by atoms with Gasteiger partial charge in [-0.3, -0.25) is 0 Å². The Bertz CT molecular complexity index is 179. The molecule has 0 aromatic heterocycles. The Kier molecular flexibility index (Phi) is 1.50. The summed E-state index contributed by atoms with van der Waals surface area (Å²) in [6.07, 6.45) is -0.704. The average molecular weight is 152 g/mol. The quantitative estimate of drug-likeness (QED) is 0.492. The molecule has 0 amide bonds. The first-order valence-electron chi connectivity index (χ1n) is 2.63. The van der Waals surface area contributed by atoms with Crippen molar-refractivity contribution in [3.8, 4) is 0 Å². The molecule has 5 heteroatoms. The van der Waals surface area contributed by atoms with Crippen LogP contribution in [0.1, 0.15) is 13.8 Å². The van der Waals surface area contributed by atoms with E-state index in [1.807, 2.05) is 0 Å². The van der Waals surface area contributed by atoms with E-state index in [0.29, 0.717) is 0 Å². The van der Waals surface area contributed by atoms with Gasteiger partial charge in [0.15, 0.2) is 0 Å². The van der Waals surface area contributed by atoms with Gasteiger partial charge in [0.1, 0.15) is 12.2 Å². The highest BCUT2D eigenvalue weighted by atomic mass is 32.3. The number of rotatable bonds is 0. The smallest absolute Gasteiger partial charge is 0.242 e. The minimum Gasteiger partial charge on any atom is -0.242 e. The summed E-state index contributed by atoms with van der Waals surface area (Å²) in [5.74, 6) is 0. The van der Waals surface area contributed by atoms with E-state index in [4.69, 9.17) is 0 Å². The lowest BCUT2D eigenvalue weighted by atomic mass is 10.3. The molecule has 0 unspecified atom stereocenters. The molecule has 0 radical (unpaired) electrons. The summed E-state index contributed by atoms with van der Waals surface area (Å²) in [6.45, 7) is 3.30. The van der Waals surface area contributed by atoms with Crippen LogP contribution in [0.25, 0.3) is 0 Å². The molecule has 1 fully saturated rings. The van der Waals surface area contributed by atoms with Crippen molar-refractivity contribution in [2.45, 2.75) is 26.1 Å². The van der Waals surface area contributed by atoms with E-state index in [-0.39, 0.29) is 12.2 Å². The van der Waals surface area contributed by atoms with E-state index in [0.717, 1.165) is 0 Å². The van der Waals surface area contributed by atoms with Crippen molar-refractivity contribution in [2.75, 3.05) is 0 Å². The molecule has 54 valence electrons. The molecule has 2 atom stereocenters. The molecule has 0 aromatic rings. The summed E-state index contributed by atoms with van der Waals surface area (Å²) in [4.78, 5) is 0. The highest BCUT2D eigenvalue weighted by molar-refractivity contribution is 7.82. The summed E-state index contributed by atoms with van der Waals surface area (Å²) < 4.78 is 29.6. The molecule has 1 saturated heterocycles. The van der Waals surface area contributed by atoms with Crippen molar-refractivity contribution < 1.29 is 16.8 Å². The molecule has 0 bridgehead atoms.